The summed E-state index contributed by atoms with van der Waals surface area (Å²) in [5.74, 6) is 0.629. The first-order valence-corrected chi connectivity index (χ1v) is 5.68. The molecule has 1 aromatic heterocycles. The molecule has 1 aliphatic carbocycles. The lowest BCUT2D eigenvalue weighted by atomic mass is 10.3. The SMILES string of the molecule is CCn1ccnc1N(CC(=O)O)CC1CC1. The van der Waals surface area contributed by atoms with E-state index in [-0.39, 0.29) is 6.54 Å². The number of imidazole rings is 1. The fourth-order valence-corrected chi connectivity index (χ4v) is 1.82. The first-order valence-electron chi connectivity index (χ1n) is 5.68. The lowest BCUT2D eigenvalue weighted by Crippen LogP contribution is -2.33. The molecular weight excluding hydrogens is 206 g/mol. The van der Waals surface area contributed by atoms with E-state index in [1.165, 1.54) is 12.8 Å². The molecule has 0 unspecified atom stereocenters. The highest BCUT2D eigenvalue weighted by atomic mass is 16.4. The molecule has 1 aromatic rings. The number of nitrogens with zero attached hydrogens (tertiary/aromatic N) is 3. The molecule has 88 valence electrons. The van der Waals surface area contributed by atoms with Gasteiger partial charge in [-0.3, -0.25) is 4.79 Å². The summed E-state index contributed by atoms with van der Waals surface area (Å²) in [7, 11) is 0. The smallest absolute Gasteiger partial charge is 0.323 e. The van der Waals surface area contributed by atoms with Crippen molar-refractivity contribution in [1.29, 1.82) is 0 Å². The predicted octanol–water partition coefficient (Wildman–Crippen LogP) is 1.20. The molecule has 1 fully saturated rings. The van der Waals surface area contributed by atoms with Crippen LogP contribution in [0, 0.1) is 5.92 Å². The van der Waals surface area contributed by atoms with E-state index >= 15 is 0 Å². The number of aromatic nitrogens is 2. The van der Waals surface area contributed by atoms with Gasteiger partial charge in [-0.05, 0) is 25.7 Å². The average molecular weight is 223 g/mol. The third-order valence-corrected chi connectivity index (χ3v) is 2.82. The maximum absolute atomic E-state index is 10.8. The van der Waals surface area contributed by atoms with Crippen molar-refractivity contribution in [3.8, 4) is 0 Å². The van der Waals surface area contributed by atoms with Crippen LogP contribution in [0.5, 0.6) is 0 Å². The van der Waals surface area contributed by atoms with Crippen LogP contribution in [0.3, 0.4) is 0 Å². The second-order valence-corrected chi connectivity index (χ2v) is 4.23. The molecule has 0 bridgehead atoms. The van der Waals surface area contributed by atoms with Crippen molar-refractivity contribution in [3.63, 3.8) is 0 Å². The first kappa shape index (κ1) is 11.0. The van der Waals surface area contributed by atoms with Gasteiger partial charge in [-0.15, -0.1) is 0 Å². The van der Waals surface area contributed by atoms with E-state index in [9.17, 15) is 4.79 Å². The summed E-state index contributed by atoms with van der Waals surface area (Å²) in [5.41, 5.74) is 0. The fraction of sp³-hybridized carbons (Fsp3) is 0.636. The van der Waals surface area contributed by atoms with E-state index in [1.54, 1.807) is 6.20 Å². The molecule has 0 spiro atoms. The molecule has 1 heterocycles. The highest BCUT2D eigenvalue weighted by molar-refractivity contribution is 5.72. The lowest BCUT2D eigenvalue weighted by Gasteiger charge is -2.22. The molecule has 5 heteroatoms. The molecule has 16 heavy (non-hydrogen) atoms. The van der Waals surface area contributed by atoms with Crippen molar-refractivity contribution in [2.45, 2.75) is 26.3 Å². The quantitative estimate of drug-likeness (QED) is 0.787. The Balaban J connectivity index is 2.12. The van der Waals surface area contributed by atoms with Gasteiger partial charge in [-0.25, -0.2) is 4.98 Å². The summed E-state index contributed by atoms with van der Waals surface area (Å²) in [6.45, 7) is 3.69. The summed E-state index contributed by atoms with van der Waals surface area (Å²) in [5, 5.41) is 8.90. The van der Waals surface area contributed by atoms with Crippen molar-refractivity contribution < 1.29 is 9.90 Å². The van der Waals surface area contributed by atoms with Crippen LogP contribution >= 0.6 is 0 Å². The predicted molar refractivity (Wildman–Crippen MR) is 60.5 cm³/mol. The molecular formula is C11H17N3O2. The van der Waals surface area contributed by atoms with Gasteiger partial charge in [0.05, 0.1) is 0 Å². The van der Waals surface area contributed by atoms with E-state index in [4.69, 9.17) is 5.11 Å². The number of hydrogen-bond donors (Lipinski definition) is 1. The van der Waals surface area contributed by atoms with Gasteiger partial charge in [0.2, 0.25) is 5.95 Å². The lowest BCUT2D eigenvalue weighted by molar-refractivity contribution is -0.135. The summed E-state index contributed by atoms with van der Waals surface area (Å²) < 4.78 is 1.98. The number of rotatable bonds is 6. The van der Waals surface area contributed by atoms with Gasteiger partial charge >= 0.3 is 5.97 Å². The third kappa shape index (κ3) is 2.53. The van der Waals surface area contributed by atoms with Crippen LogP contribution in [0.4, 0.5) is 5.95 Å². The average Bonchev–Trinajstić information content (AvgIpc) is 2.92. The second-order valence-electron chi connectivity index (χ2n) is 4.23. The number of anilines is 1. The van der Waals surface area contributed by atoms with Crippen LogP contribution in [0.25, 0.3) is 0 Å². The molecule has 5 nitrogen and oxygen atoms in total. The molecule has 1 saturated carbocycles. The van der Waals surface area contributed by atoms with Gasteiger partial charge in [0.25, 0.3) is 0 Å². The fourth-order valence-electron chi connectivity index (χ4n) is 1.82. The van der Waals surface area contributed by atoms with Crippen LogP contribution in [0.15, 0.2) is 12.4 Å². The van der Waals surface area contributed by atoms with Gasteiger partial charge in [-0.1, -0.05) is 0 Å². The highest BCUT2D eigenvalue weighted by Gasteiger charge is 2.27. The number of aryl methyl sites for hydroxylation is 1. The van der Waals surface area contributed by atoms with Crippen molar-refractivity contribution in [2.24, 2.45) is 5.92 Å². The van der Waals surface area contributed by atoms with E-state index in [1.807, 2.05) is 22.6 Å². The van der Waals surface area contributed by atoms with Gasteiger partial charge in [-0.2, -0.15) is 0 Å². The minimum absolute atomic E-state index is 0.0352. The monoisotopic (exact) mass is 223 g/mol. The molecule has 2 rings (SSSR count). The molecule has 0 aliphatic heterocycles. The molecule has 0 saturated heterocycles. The van der Waals surface area contributed by atoms with Crippen LogP contribution in [0.2, 0.25) is 0 Å². The zero-order chi connectivity index (χ0) is 11.5. The molecule has 0 amide bonds. The van der Waals surface area contributed by atoms with Crippen LogP contribution in [-0.2, 0) is 11.3 Å². The minimum atomic E-state index is -0.800. The van der Waals surface area contributed by atoms with Crippen LogP contribution in [0.1, 0.15) is 19.8 Å². The van der Waals surface area contributed by atoms with Gasteiger partial charge in [0, 0.05) is 25.5 Å². The van der Waals surface area contributed by atoms with Crippen LogP contribution < -0.4 is 4.90 Å². The van der Waals surface area contributed by atoms with Gasteiger partial charge < -0.3 is 14.6 Å². The van der Waals surface area contributed by atoms with Gasteiger partial charge in [0.15, 0.2) is 0 Å². The zero-order valence-electron chi connectivity index (χ0n) is 9.46. The summed E-state index contributed by atoms with van der Waals surface area (Å²) in [6, 6.07) is 0. The molecule has 1 N–H and O–H groups in total. The Hall–Kier alpha value is -1.52. The topological polar surface area (TPSA) is 58.4 Å². The van der Waals surface area contributed by atoms with Crippen molar-refractivity contribution >= 4 is 11.9 Å². The summed E-state index contributed by atoms with van der Waals surface area (Å²) >= 11 is 0. The Kier molecular flexibility index (Phi) is 3.12. The Morgan fingerprint density at radius 1 is 1.69 bits per heavy atom. The van der Waals surface area contributed by atoms with E-state index in [2.05, 4.69) is 4.98 Å². The number of carboxylic acid groups (broad SMARTS) is 1. The first-order chi connectivity index (χ1) is 7.70. The molecule has 0 atom stereocenters. The van der Waals surface area contributed by atoms with E-state index in [0.717, 1.165) is 19.0 Å². The normalized spacial score (nSPS) is 15.1. The maximum atomic E-state index is 10.8. The van der Waals surface area contributed by atoms with Gasteiger partial charge in [0.1, 0.15) is 6.54 Å². The van der Waals surface area contributed by atoms with Crippen molar-refractivity contribution in [3.05, 3.63) is 12.4 Å². The van der Waals surface area contributed by atoms with E-state index < -0.39 is 5.97 Å². The maximum Gasteiger partial charge on any atom is 0.323 e. The van der Waals surface area contributed by atoms with Crippen molar-refractivity contribution in [2.75, 3.05) is 18.0 Å². The van der Waals surface area contributed by atoms with E-state index in [0.29, 0.717) is 5.92 Å². The standard InChI is InChI=1S/C11H17N3O2/c1-2-13-6-5-12-11(13)14(8-10(15)16)7-9-3-4-9/h5-6,9H,2-4,7-8H2,1H3,(H,15,16). The number of aliphatic carboxylic acids is 1. The highest BCUT2D eigenvalue weighted by Crippen LogP contribution is 2.30. The summed E-state index contributed by atoms with van der Waals surface area (Å²) in [4.78, 5) is 16.9. The zero-order valence-corrected chi connectivity index (χ0v) is 9.46. The number of hydrogen-bond acceptors (Lipinski definition) is 3. The molecule has 0 aromatic carbocycles. The minimum Gasteiger partial charge on any atom is -0.480 e. The Morgan fingerprint density at radius 3 is 3.00 bits per heavy atom. The Labute approximate surface area is 94.7 Å². The molecule has 1 aliphatic rings. The molecule has 0 radical (unpaired) electrons. The number of carbonyl (C=O) groups is 1. The number of carboxylic acids is 1. The second kappa shape index (κ2) is 4.55. The van der Waals surface area contributed by atoms with Crippen molar-refractivity contribution in [1.82, 2.24) is 9.55 Å². The van der Waals surface area contributed by atoms with Crippen LogP contribution in [-0.4, -0.2) is 33.7 Å². The summed E-state index contributed by atoms with van der Waals surface area (Å²) in [6.07, 6.45) is 6.03. The largest absolute Gasteiger partial charge is 0.480 e. The third-order valence-electron chi connectivity index (χ3n) is 2.82. The Morgan fingerprint density at radius 2 is 2.44 bits per heavy atom. The Bertz CT molecular complexity index is 371.